The number of rotatable bonds is 4. The molecule has 0 bridgehead atoms. The van der Waals surface area contributed by atoms with Crippen molar-refractivity contribution >= 4 is 28.2 Å². The lowest BCUT2D eigenvalue weighted by Crippen LogP contribution is -2.31. The molecule has 3 aromatic rings. The highest BCUT2D eigenvalue weighted by atomic mass is 32.1. The predicted molar refractivity (Wildman–Crippen MR) is 104 cm³/mol. The Kier molecular flexibility index (Phi) is 4.61. The smallest absolute Gasteiger partial charge is 0.259 e. The molecule has 9 heteroatoms. The van der Waals surface area contributed by atoms with Crippen molar-refractivity contribution in [1.29, 1.82) is 0 Å². The van der Waals surface area contributed by atoms with Crippen LogP contribution < -0.4 is 10.2 Å². The molecule has 0 radical (unpaired) electrons. The van der Waals surface area contributed by atoms with Gasteiger partial charge in [0.2, 0.25) is 5.13 Å². The molecule has 0 spiro atoms. The molecule has 27 heavy (non-hydrogen) atoms. The molecule has 1 aliphatic rings. The first-order chi connectivity index (χ1) is 13.0. The number of fused-ring (bicyclic) bond motifs is 1. The van der Waals surface area contributed by atoms with Crippen LogP contribution in [-0.4, -0.2) is 37.2 Å². The van der Waals surface area contributed by atoms with Gasteiger partial charge in [-0.3, -0.25) is 10.1 Å². The van der Waals surface area contributed by atoms with Crippen molar-refractivity contribution in [2.45, 2.75) is 32.7 Å². The van der Waals surface area contributed by atoms with Crippen molar-refractivity contribution in [3.05, 3.63) is 46.6 Å². The molecule has 1 N–H and O–H groups in total. The van der Waals surface area contributed by atoms with Crippen molar-refractivity contribution in [3.8, 4) is 0 Å². The Labute approximate surface area is 161 Å². The third-order valence-corrected chi connectivity index (χ3v) is 5.33. The molecule has 0 fully saturated rings. The number of nitrogens with zero attached hydrogens (tertiary/aromatic N) is 6. The molecule has 4 heterocycles. The minimum atomic E-state index is -0.238. The average molecular weight is 383 g/mol. The van der Waals surface area contributed by atoms with Crippen LogP contribution in [0.5, 0.6) is 0 Å². The van der Waals surface area contributed by atoms with E-state index in [1.807, 2.05) is 6.07 Å². The fourth-order valence-electron chi connectivity index (χ4n) is 3.37. The largest absolute Gasteiger partial charge is 0.350 e. The Bertz CT molecular complexity index is 947. The lowest BCUT2D eigenvalue weighted by atomic mass is 10.1. The third kappa shape index (κ3) is 3.42. The Morgan fingerprint density at radius 1 is 1.33 bits per heavy atom. The summed E-state index contributed by atoms with van der Waals surface area (Å²) in [4.78, 5) is 23.7. The van der Waals surface area contributed by atoms with Gasteiger partial charge < -0.3 is 9.47 Å². The molecule has 0 saturated carbocycles. The molecule has 0 saturated heterocycles. The van der Waals surface area contributed by atoms with Crippen molar-refractivity contribution in [2.24, 2.45) is 7.05 Å². The van der Waals surface area contributed by atoms with E-state index in [0.29, 0.717) is 16.6 Å². The van der Waals surface area contributed by atoms with Crippen LogP contribution in [0.25, 0.3) is 0 Å². The Hall–Kier alpha value is -2.81. The zero-order chi connectivity index (χ0) is 19.0. The third-order valence-electron chi connectivity index (χ3n) is 4.72. The van der Waals surface area contributed by atoms with E-state index < -0.39 is 0 Å². The zero-order valence-corrected chi connectivity index (χ0v) is 16.3. The van der Waals surface area contributed by atoms with Crippen LogP contribution in [0, 0.1) is 0 Å². The predicted octanol–water partition coefficient (Wildman–Crippen LogP) is 2.61. The number of imidazole rings is 1. The van der Waals surface area contributed by atoms with Crippen molar-refractivity contribution < 1.29 is 4.79 Å². The molecule has 0 aromatic carbocycles. The molecule has 3 aromatic heterocycles. The maximum absolute atomic E-state index is 12.2. The van der Waals surface area contributed by atoms with Crippen LogP contribution >= 0.6 is 11.3 Å². The van der Waals surface area contributed by atoms with Gasteiger partial charge in [-0.15, -0.1) is 10.2 Å². The lowest BCUT2D eigenvalue weighted by molar-refractivity contribution is 0.102. The van der Waals surface area contributed by atoms with Gasteiger partial charge in [0.15, 0.2) is 0 Å². The summed E-state index contributed by atoms with van der Waals surface area (Å²) in [5.74, 6) is 2.14. The molecule has 0 aliphatic carbocycles. The average Bonchev–Trinajstić information content (AvgIpc) is 3.29. The van der Waals surface area contributed by atoms with Crippen molar-refractivity contribution in [1.82, 2.24) is 24.7 Å². The van der Waals surface area contributed by atoms with Gasteiger partial charge in [-0.25, -0.2) is 9.97 Å². The molecular weight excluding hydrogens is 362 g/mol. The fourth-order valence-corrected chi connectivity index (χ4v) is 3.81. The number of nitrogens with one attached hydrogen (secondary N) is 1. The van der Waals surface area contributed by atoms with Crippen LogP contribution in [0.15, 0.2) is 23.8 Å². The van der Waals surface area contributed by atoms with Crippen LogP contribution in [0.2, 0.25) is 0 Å². The number of aromatic nitrogens is 5. The highest BCUT2D eigenvalue weighted by Gasteiger charge is 2.24. The van der Waals surface area contributed by atoms with Crippen LogP contribution in [-0.2, 0) is 20.0 Å². The molecule has 140 valence electrons. The van der Waals surface area contributed by atoms with E-state index in [1.54, 1.807) is 17.8 Å². The minimum Gasteiger partial charge on any atom is -0.350 e. The molecule has 0 unspecified atom stereocenters. The number of anilines is 2. The van der Waals surface area contributed by atoms with Gasteiger partial charge in [0.1, 0.15) is 17.2 Å². The highest BCUT2D eigenvalue weighted by molar-refractivity contribution is 7.13. The summed E-state index contributed by atoms with van der Waals surface area (Å²) >= 11 is 1.28. The van der Waals surface area contributed by atoms with E-state index in [2.05, 4.69) is 50.9 Å². The maximum Gasteiger partial charge on any atom is 0.259 e. The van der Waals surface area contributed by atoms with Gasteiger partial charge in [-0.1, -0.05) is 25.2 Å². The summed E-state index contributed by atoms with van der Waals surface area (Å²) in [6, 6.07) is 3.67. The van der Waals surface area contributed by atoms with E-state index in [0.717, 1.165) is 36.8 Å². The van der Waals surface area contributed by atoms with E-state index in [-0.39, 0.29) is 5.91 Å². The summed E-state index contributed by atoms with van der Waals surface area (Å²) in [5.41, 5.74) is 4.49. The van der Waals surface area contributed by atoms with E-state index >= 15 is 0 Å². The molecule has 4 rings (SSSR count). The number of hydrogen-bond acceptors (Lipinski definition) is 7. The fraction of sp³-hybridized carbons (Fsp3) is 0.389. The maximum atomic E-state index is 12.2. The highest BCUT2D eigenvalue weighted by Crippen LogP contribution is 2.26. The summed E-state index contributed by atoms with van der Waals surface area (Å²) in [7, 11) is 2.10. The number of hydrogen-bond donors (Lipinski definition) is 1. The van der Waals surface area contributed by atoms with E-state index in [9.17, 15) is 4.79 Å². The Balaban J connectivity index is 1.48. The second kappa shape index (κ2) is 7.07. The van der Waals surface area contributed by atoms with Crippen molar-refractivity contribution in [3.63, 3.8) is 0 Å². The summed E-state index contributed by atoms with van der Waals surface area (Å²) in [6.45, 7) is 5.95. The first kappa shape index (κ1) is 17.6. The zero-order valence-electron chi connectivity index (χ0n) is 15.5. The van der Waals surface area contributed by atoms with Crippen molar-refractivity contribution in [2.75, 3.05) is 16.8 Å². The van der Waals surface area contributed by atoms with Gasteiger partial charge in [-0.2, -0.15) is 0 Å². The van der Waals surface area contributed by atoms with Crippen LogP contribution in [0.1, 0.15) is 47.3 Å². The number of carbonyl (C=O) groups is 1. The van der Waals surface area contributed by atoms with E-state index in [1.165, 1.54) is 17.0 Å². The standard InChI is InChI=1S/C18H21N7OS/c1-11(2)16-21-13-9-25(7-6-14(13)24(16)3)15-5-4-12(8-19-15)17(26)22-18-23-20-10-27-18/h4-5,8,10-11H,6-7,9H2,1-3H3,(H,22,23,26). The molecular formula is C18H21N7OS. The summed E-state index contributed by atoms with van der Waals surface area (Å²) in [5, 5.41) is 10.7. The van der Waals surface area contributed by atoms with E-state index in [4.69, 9.17) is 4.98 Å². The first-order valence-corrected chi connectivity index (χ1v) is 9.73. The minimum absolute atomic E-state index is 0.238. The normalized spacial score (nSPS) is 13.7. The van der Waals surface area contributed by atoms with Gasteiger partial charge in [0.25, 0.3) is 5.91 Å². The van der Waals surface area contributed by atoms with Gasteiger partial charge in [0.05, 0.1) is 17.8 Å². The SMILES string of the molecule is CC(C)c1nc2c(n1C)CCN(c1ccc(C(=O)Nc3nncs3)cn1)C2. The molecule has 1 amide bonds. The van der Waals surface area contributed by atoms with Gasteiger partial charge >= 0.3 is 0 Å². The van der Waals surface area contributed by atoms with Gasteiger partial charge in [-0.05, 0) is 12.1 Å². The van der Waals surface area contributed by atoms with Crippen LogP contribution in [0.3, 0.4) is 0 Å². The Morgan fingerprint density at radius 2 is 2.19 bits per heavy atom. The summed E-state index contributed by atoms with van der Waals surface area (Å²) in [6.07, 6.45) is 2.53. The second-order valence-corrected chi connectivity index (χ2v) is 7.68. The number of carbonyl (C=O) groups excluding carboxylic acids is 1. The van der Waals surface area contributed by atoms with Crippen LogP contribution in [0.4, 0.5) is 10.9 Å². The summed E-state index contributed by atoms with van der Waals surface area (Å²) < 4.78 is 2.23. The van der Waals surface area contributed by atoms with Gasteiger partial charge in [0, 0.05) is 37.8 Å². The number of amides is 1. The quantitative estimate of drug-likeness (QED) is 0.745. The molecule has 8 nitrogen and oxygen atoms in total. The second-order valence-electron chi connectivity index (χ2n) is 6.85. The molecule has 0 atom stereocenters. The molecule has 1 aliphatic heterocycles. The first-order valence-electron chi connectivity index (χ1n) is 8.86. The topological polar surface area (TPSA) is 88.8 Å². The number of pyridine rings is 1. The Morgan fingerprint density at radius 3 is 2.85 bits per heavy atom. The lowest BCUT2D eigenvalue weighted by Gasteiger charge is -2.27. The monoisotopic (exact) mass is 383 g/mol.